The predicted octanol–water partition coefficient (Wildman–Crippen LogP) is 7.06. The van der Waals surface area contributed by atoms with E-state index in [4.69, 9.17) is 0 Å². The molecule has 0 nitrogen and oxygen atoms in total. The Morgan fingerprint density at radius 1 is 0.515 bits per heavy atom. The van der Waals surface area contributed by atoms with Gasteiger partial charge in [0.2, 0.25) is 0 Å². The first-order valence-corrected chi connectivity index (χ1v) is 15.1. The second kappa shape index (κ2) is 11.0. The molecule has 0 bridgehead atoms. The van der Waals surface area contributed by atoms with Crippen molar-refractivity contribution in [2.24, 2.45) is 0 Å². The Morgan fingerprint density at radius 3 is 1.33 bits per heavy atom. The minimum absolute atomic E-state index is 0.447. The second-order valence-electron chi connectivity index (χ2n) is 7.90. The van der Waals surface area contributed by atoms with Crippen molar-refractivity contribution in [3.63, 3.8) is 0 Å². The van der Waals surface area contributed by atoms with Crippen LogP contribution in [0.1, 0.15) is 11.2 Å². The second-order valence-corrected chi connectivity index (χ2v) is 13.3. The van der Waals surface area contributed by atoms with Gasteiger partial charge in [-0.1, -0.05) is 121 Å². The molecule has 0 aliphatic carbocycles. The first kappa shape index (κ1) is 22.2. The SMILES string of the molecule is c1ccc(P(CC(c2ccsc2)P(c2ccccc2)c2ccccc2)c2ccccc2)cc1. The van der Waals surface area contributed by atoms with Gasteiger partial charge in [0, 0.05) is 5.66 Å². The summed E-state index contributed by atoms with van der Waals surface area (Å²) in [4.78, 5) is 0. The molecule has 162 valence electrons. The number of benzene rings is 4. The largest absolute Gasteiger partial charge is 0.152 e. The molecule has 0 spiro atoms. The molecule has 4 aromatic carbocycles. The lowest BCUT2D eigenvalue weighted by Gasteiger charge is -2.32. The van der Waals surface area contributed by atoms with Gasteiger partial charge >= 0.3 is 0 Å². The number of hydrogen-bond donors (Lipinski definition) is 0. The summed E-state index contributed by atoms with van der Waals surface area (Å²) in [6.07, 6.45) is 1.13. The van der Waals surface area contributed by atoms with Gasteiger partial charge < -0.3 is 0 Å². The summed E-state index contributed by atoms with van der Waals surface area (Å²) in [6, 6.07) is 46.9. The van der Waals surface area contributed by atoms with Crippen LogP contribution in [0.5, 0.6) is 0 Å². The van der Waals surface area contributed by atoms with Crippen molar-refractivity contribution in [1.82, 2.24) is 0 Å². The molecule has 33 heavy (non-hydrogen) atoms. The van der Waals surface area contributed by atoms with Gasteiger partial charge in [0.25, 0.3) is 0 Å². The van der Waals surface area contributed by atoms with E-state index in [1.54, 1.807) is 0 Å². The Morgan fingerprint density at radius 2 is 0.939 bits per heavy atom. The van der Waals surface area contributed by atoms with Crippen LogP contribution < -0.4 is 21.2 Å². The summed E-state index contributed by atoms with van der Waals surface area (Å²) >= 11 is 1.81. The third-order valence-corrected chi connectivity index (χ3v) is 12.2. The van der Waals surface area contributed by atoms with Crippen LogP contribution in [-0.4, -0.2) is 6.16 Å². The molecular weight excluding hydrogens is 454 g/mol. The molecule has 0 N–H and O–H groups in total. The summed E-state index contributed by atoms with van der Waals surface area (Å²) in [5, 5.41) is 10.4. The molecule has 0 radical (unpaired) electrons. The van der Waals surface area contributed by atoms with Crippen LogP contribution in [0, 0.1) is 0 Å². The monoisotopic (exact) mass is 480 g/mol. The van der Waals surface area contributed by atoms with Crippen molar-refractivity contribution < 1.29 is 0 Å². The number of hydrogen-bond acceptors (Lipinski definition) is 1. The van der Waals surface area contributed by atoms with E-state index in [2.05, 4.69) is 138 Å². The van der Waals surface area contributed by atoms with Crippen molar-refractivity contribution in [3.8, 4) is 0 Å². The molecule has 1 unspecified atom stereocenters. The minimum atomic E-state index is -0.555. The quantitative estimate of drug-likeness (QED) is 0.209. The highest BCUT2D eigenvalue weighted by Crippen LogP contribution is 2.55. The highest BCUT2D eigenvalue weighted by atomic mass is 32.1. The van der Waals surface area contributed by atoms with Crippen LogP contribution in [0.15, 0.2) is 138 Å². The van der Waals surface area contributed by atoms with Crippen LogP contribution in [0.4, 0.5) is 0 Å². The fourth-order valence-corrected chi connectivity index (χ4v) is 11.0. The third-order valence-electron chi connectivity index (χ3n) is 5.80. The summed E-state index contributed by atoms with van der Waals surface area (Å²) in [7, 11) is -1.04. The molecule has 1 heterocycles. The zero-order chi connectivity index (χ0) is 22.3. The highest BCUT2D eigenvalue weighted by molar-refractivity contribution is 7.76. The van der Waals surface area contributed by atoms with Crippen molar-refractivity contribution >= 4 is 48.4 Å². The van der Waals surface area contributed by atoms with Crippen LogP contribution >= 0.6 is 27.2 Å². The molecule has 0 saturated heterocycles. The fourth-order valence-electron chi connectivity index (χ4n) is 4.24. The van der Waals surface area contributed by atoms with Gasteiger partial charge in [0.05, 0.1) is 0 Å². The van der Waals surface area contributed by atoms with E-state index < -0.39 is 15.8 Å². The zero-order valence-corrected chi connectivity index (χ0v) is 21.0. The summed E-state index contributed by atoms with van der Waals surface area (Å²) in [6.45, 7) is 0. The molecule has 0 fully saturated rings. The lowest BCUT2D eigenvalue weighted by atomic mass is 10.3. The van der Waals surface area contributed by atoms with Crippen LogP contribution in [0.2, 0.25) is 0 Å². The minimum Gasteiger partial charge on any atom is -0.152 e. The maximum Gasteiger partial charge on any atom is 0.0175 e. The maximum atomic E-state index is 2.37. The Hall–Kier alpha value is -2.56. The summed E-state index contributed by atoms with van der Waals surface area (Å²) in [5.74, 6) is 0. The maximum absolute atomic E-state index is 2.37. The zero-order valence-electron chi connectivity index (χ0n) is 18.4. The Kier molecular flexibility index (Phi) is 7.44. The van der Waals surface area contributed by atoms with E-state index in [-0.39, 0.29) is 0 Å². The van der Waals surface area contributed by atoms with E-state index in [9.17, 15) is 0 Å². The van der Waals surface area contributed by atoms with E-state index in [0.717, 1.165) is 6.16 Å². The number of thiophene rings is 1. The Balaban J connectivity index is 1.64. The van der Waals surface area contributed by atoms with Gasteiger partial charge in [0.1, 0.15) is 0 Å². The molecule has 1 atom stereocenters. The molecular formula is C30H26P2S. The van der Waals surface area contributed by atoms with Gasteiger partial charge in [-0.2, -0.15) is 11.3 Å². The van der Waals surface area contributed by atoms with Crippen LogP contribution in [0.25, 0.3) is 0 Å². The molecule has 0 amide bonds. The lowest BCUT2D eigenvalue weighted by molar-refractivity contribution is 1.11. The molecule has 0 aliphatic rings. The summed E-state index contributed by atoms with van der Waals surface area (Å²) < 4.78 is 0. The molecule has 5 aromatic rings. The van der Waals surface area contributed by atoms with E-state index in [1.165, 1.54) is 26.8 Å². The predicted molar refractivity (Wildman–Crippen MR) is 150 cm³/mol. The van der Waals surface area contributed by atoms with Crippen LogP contribution in [-0.2, 0) is 0 Å². The third kappa shape index (κ3) is 5.34. The average molecular weight is 481 g/mol. The van der Waals surface area contributed by atoms with Crippen LogP contribution in [0.3, 0.4) is 0 Å². The van der Waals surface area contributed by atoms with Gasteiger partial charge in [0.15, 0.2) is 0 Å². The lowest BCUT2D eigenvalue weighted by Crippen LogP contribution is -2.22. The van der Waals surface area contributed by atoms with Gasteiger partial charge in [-0.3, -0.25) is 0 Å². The number of rotatable bonds is 8. The Labute approximate surface area is 203 Å². The van der Waals surface area contributed by atoms with E-state index in [0.29, 0.717) is 5.66 Å². The fraction of sp³-hybridized carbons (Fsp3) is 0.0667. The summed E-state index contributed by atoms with van der Waals surface area (Å²) in [5.41, 5.74) is 1.92. The average Bonchev–Trinajstić information content (AvgIpc) is 3.43. The highest BCUT2D eigenvalue weighted by Gasteiger charge is 2.30. The van der Waals surface area contributed by atoms with Crippen molar-refractivity contribution in [1.29, 1.82) is 0 Å². The first-order valence-electron chi connectivity index (χ1n) is 11.2. The van der Waals surface area contributed by atoms with E-state index in [1.807, 2.05) is 11.3 Å². The standard InChI is InChI=1S/C30H26P2S/c1-5-13-26(14-6-1)31(27-15-7-2-8-16-27)23-30(25-21-22-33-24-25)32(28-17-9-3-10-18-28)29-19-11-4-12-20-29/h1-22,24,30H,23H2. The Bertz CT molecular complexity index is 1150. The molecule has 3 heteroatoms. The molecule has 0 saturated carbocycles. The van der Waals surface area contributed by atoms with Gasteiger partial charge in [-0.15, -0.1) is 0 Å². The van der Waals surface area contributed by atoms with Crippen molar-refractivity contribution in [3.05, 3.63) is 144 Å². The van der Waals surface area contributed by atoms with Gasteiger partial charge in [-0.25, -0.2) is 0 Å². The molecule has 0 aliphatic heterocycles. The molecule has 1 aromatic heterocycles. The normalized spacial score (nSPS) is 12.2. The van der Waals surface area contributed by atoms with Gasteiger partial charge in [-0.05, 0) is 65.6 Å². The topological polar surface area (TPSA) is 0 Å². The first-order chi connectivity index (χ1) is 16.4. The van der Waals surface area contributed by atoms with Crippen molar-refractivity contribution in [2.45, 2.75) is 5.66 Å². The smallest absolute Gasteiger partial charge is 0.0175 e. The van der Waals surface area contributed by atoms with E-state index >= 15 is 0 Å². The molecule has 5 rings (SSSR count). The van der Waals surface area contributed by atoms with Crippen molar-refractivity contribution in [2.75, 3.05) is 6.16 Å².